The van der Waals surface area contributed by atoms with E-state index >= 15 is 0 Å². The third kappa shape index (κ3) is 1.58. The van der Waals surface area contributed by atoms with Gasteiger partial charge in [0.15, 0.2) is 0 Å². The lowest BCUT2D eigenvalue weighted by atomic mass is 10.0. The van der Waals surface area contributed by atoms with E-state index in [9.17, 15) is 0 Å². The molecule has 1 N–H and O–H groups in total. The molecule has 1 heteroatoms. The molecule has 0 spiro atoms. The lowest BCUT2D eigenvalue weighted by Gasteiger charge is -2.08. The largest absolute Gasteiger partial charge is 0.388 e. The highest BCUT2D eigenvalue weighted by atomic mass is 14.9. The molecule has 1 heterocycles. The zero-order valence-corrected chi connectivity index (χ0v) is 7.27. The third-order valence-corrected chi connectivity index (χ3v) is 2.75. The molecule has 0 radical (unpaired) electrons. The van der Waals surface area contributed by atoms with Gasteiger partial charge in [0.05, 0.1) is 0 Å². The lowest BCUT2D eigenvalue weighted by Crippen LogP contribution is -2.20. The number of nitrogens with one attached hydrogen (secondary N) is 1. The average molecular weight is 151 g/mol. The summed E-state index contributed by atoms with van der Waals surface area (Å²) in [5.41, 5.74) is 1.64. The van der Waals surface area contributed by atoms with Crippen molar-refractivity contribution in [2.75, 3.05) is 0 Å². The first-order valence-electron chi connectivity index (χ1n) is 4.84. The summed E-state index contributed by atoms with van der Waals surface area (Å²) < 4.78 is 0. The lowest BCUT2D eigenvalue weighted by molar-refractivity contribution is 0.547. The van der Waals surface area contributed by atoms with Crippen molar-refractivity contribution in [3.63, 3.8) is 0 Å². The highest BCUT2D eigenvalue weighted by Crippen LogP contribution is 2.37. The highest BCUT2D eigenvalue weighted by Gasteiger charge is 2.32. The van der Waals surface area contributed by atoms with Crippen molar-refractivity contribution in [2.45, 2.75) is 45.1 Å². The minimum Gasteiger partial charge on any atom is -0.388 e. The average Bonchev–Trinajstić information content (AvgIpc) is 2.75. The summed E-state index contributed by atoms with van der Waals surface area (Å²) in [5, 5.41) is 3.49. The van der Waals surface area contributed by atoms with Gasteiger partial charge in [0, 0.05) is 6.04 Å². The van der Waals surface area contributed by atoms with Crippen LogP contribution in [0, 0.1) is 5.92 Å². The Kier molecular flexibility index (Phi) is 1.89. The Balaban J connectivity index is 1.79. The van der Waals surface area contributed by atoms with E-state index < -0.39 is 0 Å². The summed E-state index contributed by atoms with van der Waals surface area (Å²) in [6, 6.07) is 0.816. The SMILES string of the molecule is CCCC1=CNC(C2CC2)C1. The van der Waals surface area contributed by atoms with Crippen LogP contribution in [0.5, 0.6) is 0 Å². The Morgan fingerprint density at radius 3 is 3.00 bits per heavy atom. The first-order valence-corrected chi connectivity index (χ1v) is 4.84. The van der Waals surface area contributed by atoms with E-state index in [1.807, 2.05) is 0 Å². The summed E-state index contributed by atoms with van der Waals surface area (Å²) in [5.74, 6) is 1.01. The minimum absolute atomic E-state index is 0.816. The molecule has 1 fully saturated rings. The van der Waals surface area contributed by atoms with Crippen LogP contribution in [0.3, 0.4) is 0 Å². The maximum Gasteiger partial charge on any atom is 0.0321 e. The minimum atomic E-state index is 0.816. The molecule has 1 unspecified atom stereocenters. The van der Waals surface area contributed by atoms with E-state index in [1.165, 1.54) is 32.1 Å². The van der Waals surface area contributed by atoms with Crippen molar-refractivity contribution in [3.8, 4) is 0 Å². The zero-order chi connectivity index (χ0) is 7.68. The van der Waals surface area contributed by atoms with Crippen molar-refractivity contribution in [3.05, 3.63) is 11.8 Å². The molecular formula is C10H17N. The van der Waals surface area contributed by atoms with Crippen molar-refractivity contribution in [1.29, 1.82) is 0 Å². The maximum atomic E-state index is 3.49. The highest BCUT2D eigenvalue weighted by molar-refractivity contribution is 5.12. The summed E-state index contributed by atoms with van der Waals surface area (Å²) in [6.07, 6.45) is 9.11. The van der Waals surface area contributed by atoms with Gasteiger partial charge in [-0.15, -0.1) is 0 Å². The molecule has 0 amide bonds. The maximum absolute atomic E-state index is 3.49. The molecule has 1 aliphatic carbocycles. The van der Waals surface area contributed by atoms with Gasteiger partial charge >= 0.3 is 0 Å². The van der Waals surface area contributed by atoms with Crippen molar-refractivity contribution in [2.24, 2.45) is 5.92 Å². The number of hydrogen-bond acceptors (Lipinski definition) is 1. The second-order valence-corrected chi connectivity index (χ2v) is 3.87. The molecule has 2 rings (SSSR count). The van der Waals surface area contributed by atoms with Gasteiger partial charge < -0.3 is 5.32 Å². The van der Waals surface area contributed by atoms with Crippen LogP contribution in [-0.4, -0.2) is 6.04 Å². The molecule has 1 saturated carbocycles. The summed E-state index contributed by atoms with van der Waals surface area (Å²) in [6.45, 7) is 2.26. The Hall–Kier alpha value is -0.460. The molecule has 0 aromatic carbocycles. The first-order chi connectivity index (χ1) is 5.40. The van der Waals surface area contributed by atoms with E-state index in [-0.39, 0.29) is 0 Å². The molecule has 0 saturated heterocycles. The molecule has 0 aromatic heterocycles. The molecule has 0 aromatic rings. The molecule has 1 nitrogen and oxygen atoms in total. The van der Waals surface area contributed by atoms with Gasteiger partial charge in [-0.1, -0.05) is 18.9 Å². The van der Waals surface area contributed by atoms with E-state index in [0.717, 1.165) is 12.0 Å². The van der Waals surface area contributed by atoms with Gasteiger partial charge in [-0.05, 0) is 37.8 Å². The predicted octanol–water partition coefficient (Wildman–Crippen LogP) is 2.44. The van der Waals surface area contributed by atoms with E-state index in [4.69, 9.17) is 0 Å². The first kappa shape index (κ1) is 7.20. The van der Waals surface area contributed by atoms with Crippen molar-refractivity contribution < 1.29 is 0 Å². The van der Waals surface area contributed by atoms with Gasteiger partial charge in [0.2, 0.25) is 0 Å². The normalized spacial score (nSPS) is 29.9. The molecular weight excluding hydrogens is 134 g/mol. The molecule has 62 valence electrons. The van der Waals surface area contributed by atoms with E-state index in [1.54, 1.807) is 5.57 Å². The Bertz CT molecular complexity index is 168. The topological polar surface area (TPSA) is 12.0 Å². The molecule has 11 heavy (non-hydrogen) atoms. The number of rotatable bonds is 3. The Labute approximate surface area is 68.9 Å². The Morgan fingerprint density at radius 2 is 2.36 bits per heavy atom. The van der Waals surface area contributed by atoms with Crippen LogP contribution in [0.15, 0.2) is 11.8 Å². The summed E-state index contributed by atoms with van der Waals surface area (Å²) in [7, 11) is 0. The standard InChI is InChI=1S/C10H17N/c1-2-3-8-6-10(11-7-8)9-4-5-9/h7,9-11H,2-6H2,1H3. The van der Waals surface area contributed by atoms with Crippen molar-refractivity contribution >= 4 is 0 Å². The second-order valence-electron chi connectivity index (χ2n) is 3.87. The van der Waals surface area contributed by atoms with Crippen LogP contribution in [0.2, 0.25) is 0 Å². The van der Waals surface area contributed by atoms with Crippen LogP contribution in [0.4, 0.5) is 0 Å². The quantitative estimate of drug-likeness (QED) is 0.653. The van der Waals surface area contributed by atoms with Gasteiger partial charge in [0.1, 0.15) is 0 Å². The second kappa shape index (κ2) is 2.88. The molecule has 1 atom stereocenters. The van der Waals surface area contributed by atoms with Crippen LogP contribution in [0.25, 0.3) is 0 Å². The summed E-state index contributed by atoms with van der Waals surface area (Å²) in [4.78, 5) is 0. The van der Waals surface area contributed by atoms with Gasteiger partial charge in [-0.3, -0.25) is 0 Å². The fraction of sp³-hybridized carbons (Fsp3) is 0.800. The van der Waals surface area contributed by atoms with Crippen LogP contribution in [0.1, 0.15) is 39.0 Å². The monoisotopic (exact) mass is 151 g/mol. The van der Waals surface area contributed by atoms with E-state index in [0.29, 0.717) is 0 Å². The molecule has 2 aliphatic rings. The molecule has 1 aliphatic heterocycles. The predicted molar refractivity (Wildman–Crippen MR) is 47.3 cm³/mol. The zero-order valence-electron chi connectivity index (χ0n) is 7.27. The van der Waals surface area contributed by atoms with Gasteiger partial charge in [0.25, 0.3) is 0 Å². The van der Waals surface area contributed by atoms with Crippen LogP contribution < -0.4 is 5.32 Å². The van der Waals surface area contributed by atoms with E-state index in [2.05, 4.69) is 18.4 Å². The van der Waals surface area contributed by atoms with Crippen LogP contribution in [-0.2, 0) is 0 Å². The van der Waals surface area contributed by atoms with Gasteiger partial charge in [-0.25, -0.2) is 0 Å². The van der Waals surface area contributed by atoms with Gasteiger partial charge in [-0.2, -0.15) is 0 Å². The van der Waals surface area contributed by atoms with Crippen LogP contribution >= 0.6 is 0 Å². The molecule has 0 bridgehead atoms. The number of hydrogen-bond donors (Lipinski definition) is 1. The smallest absolute Gasteiger partial charge is 0.0321 e. The Morgan fingerprint density at radius 1 is 1.55 bits per heavy atom. The van der Waals surface area contributed by atoms with Crippen molar-refractivity contribution in [1.82, 2.24) is 5.32 Å². The third-order valence-electron chi connectivity index (χ3n) is 2.75. The fourth-order valence-corrected chi connectivity index (χ4v) is 1.92. The summed E-state index contributed by atoms with van der Waals surface area (Å²) >= 11 is 0. The fourth-order valence-electron chi connectivity index (χ4n) is 1.92.